The summed E-state index contributed by atoms with van der Waals surface area (Å²) in [5.74, 6) is 0.173. The van der Waals surface area contributed by atoms with E-state index in [2.05, 4.69) is 4.72 Å². The smallest absolute Gasteiger partial charge is 0.258 e. The first kappa shape index (κ1) is 15.9. The van der Waals surface area contributed by atoms with E-state index in [9.17, 15) is 18.5 Å². The molecule has 1 rings (SSSR count). The molecule has 0 amide bonds. The molecule has 0 aliphatic rings. The van der Waals surface area contributed by atoms with E-state index in [0.29, 0.717) is 0 Å². The summed E-state index contributed by atoms with van der Waals surface area (Å²) in [6.07, 6.45) is 0.825. The summed E-state index contributed by atoms with van der Waals surface area (Å²) < 4.78 is 26.5. The van der Waals surface area contributed by atoms with E-state index in [-0.39, 0.29) is 28.1 Å². The second-order valence-corrected chi connectivity index (χ2v) is 6.38. The van der Waals surface area contributed by atoms with Gasteiger partial charge in [-0.2, -0.15) is 0 Å². The maximum atomic E-state index is 12.0. The molecule has 1 aromatic rings. The first-order valence-electron chi connectivity index (χ1n) is 5.71. The molecule has 0 saturated heterocycles. The van der Waals surface area contributed by atoms with Crippen molar-refractivity contribution >= 4 is 27.3 Å². The van der Waals surface area contributed by atoms with Crippen LogP contribution in [0.2, 0.25) is 5.02 Å². The Kier molecular flexibility index (Phi) is 5.28. The quantitative estimate of drug-likeness (QED) is 0.646. The van der Waals surface area contributed by atoms with Crippen molar-refractivity contribution in [2.24, 2.45) is 5.92 Å². The Morgan fingerprint density at radius 2 is 2.11 bits per heavy atom. The maximum Gasteiger partial charge on any atom is 0.270 e. The van der Waals surface area contributed by atoms with Crippen molar-refractivity contribution in [2.45, 2.75) is 25.2 Å². The number of halogens is 1. The molecule has 0 bridgehead atoms. The number of benzene rings is 1. The Morgan fingerprint density at radius 3 is 2.63 bits per heavy atom. The number of non-ortho nitro benzene ring substituents is 1. The molecule has 0 aliphatic heterocycles. The standard InChI is InChI=1S/C11H15ClN2O4S/c1-3-8(2)7-13-19(17,18)11-6-9(14(15)16)4-5-10(11)12/h4-6,8,13H,3,7H2,1-2H3. The number of sulfonamides is 1. The zero-order valence-corrected chi connectivity index (χ0v) is 12.2. The Bertz CT molecular complexity index is 574. The van der Waals surface area contributed by atoms with Crippen molar-refractivity contribution in [3.05, 3.63) is 33.3 Å². The fourth-order valence-electron chi connectivity index (χ4n) is 1.29. The lowest BCUT2D eigenvalue weighted by Gasteiger charge is -2.11. The van der Waals surface area contributed by atoms with Gasteiger partial charge in [0, 0.05) is 18.7 Å². The highest BCUT2D eigenvalue weighted by molar-refractivity contribution is 7.89. The molecule has 1 aromatic carbocycles. The monoisotopic (exact) mass is 306 g/mol. The van der Waals surface area contributed by atoms with Gasteiger partial charge in [0.15, 0.2) is 0 Å². The molecule has 106 valence electrons. The van der Waals surface area contributed by atoms with Crippen molar-refractivity contribution in [3.8, 4) is 0 Å². The predicted octanol–water partition coefficient (Wildman–Crippen LogP) is 2.57. The minimum atomic E-state index is -3.84. The minimum absolute atomic E-state index is 0.0396. The van der Waals surface area contributed by atoms with Gasteiger partial charge in [-0.05, 0) is 12.0 Å². The second-order valence-electron chi connectivity index (χ2n) is 4.24. The molecule has 0 aromatic heterocycles. The zero-order valence-electron chi connectivity index (χ0n) is 10.6. The number of nitro groups is 1. The van der Waals surface area contributed by atoms with Gasteiger partial charge in [-0.1, -0.05) is 31.9 Å². The number of nitrogens with zero attached hydrogens (tertiary/aromatic N) is 1. The minimum Gasteiger partial charge on any atom is -0.258 e. The third-order valence-corrected chi connectivity index (χ3v) is 4.64. The van der Waals surface area contributed by atoms with Crippen molar-refractivity contribution in [3.63, 3.8) is 0 Å². The average molecular weight is 307 g/mol. The lowest BCUT2D eigenvalue weighted by molar-refractivity contribution is -0.385. The third-order valence-electron chi connectivity index (χ3n) is 2.73. The first-order chi connectivity index (χ1) is 8.77. The number of hydrogen-bond acceptors (Lipinski definition) is 4. The van der Waals surface area contributed by atoms with Crippen LogP contribution in [0, 0.1) is 16.0 Å². The van der Waals surface area contributed by atoms with Gasteiger partial charge < -0.3 is 0 Å². The summed E-state index contributed by atoms with van der Waals surface area (Å²) in [7, 11) is -3.84. The molecule has 0 saturated carbocycles. The van der Waals surface area contributed by atoms with Gasteiger partial charge in [0.25, 0.3) is 5.69 Å². The van der Waals surface area contributed by atoms with E-state index in [1.165, 1.54) is 6.07 Å². The van der Waals surface area contributed by atoms with E-state index in [4.69, 9.17) is 11.6 Å². The fraction of sp³-hybridized carbons (Fsp3) is 0.455. The topological polar surface area (TPSA) is 89.3 Å². The maximum absolute atomic E-state index is 12.0. The van der Waals surface area contributed by atoms with Crippen molar-refractivity contribution < 1.29 is 13.3 Å². The van der Waals surface area contributed by atoms with E-state index in [0.717, 1.165) is 18.6 Å². The average Bonchev–Trinajstić information content (AvgIpc) is 2.36. The molecular formula is C11H15ClN2O4S. The molecule has 19 heavy (non-hydrogen) atoms. The van der Waals surface area contributed by atoms with E-state index in [1.807, 2.05) is 13.8 Å². The Labute approximate surface area is 117 Å². The summed E-state index contributed by atoms with van der Waals surface area (Å²) in [5, 5.41) is 10.6. The van der Waals surface area contributed by atoms with Gasteiger partial charge >= 0.3 is 0 Å². The van der Waals surface area contributed by atoms with Gasteiger partial charge in [-0.25, -0.2) is 13.1 Å². The highest BCUT2D eigenvalue weighted by atomic mass is 35.5. The van der Waals surface area contributed by atoms with E-state index < -0.39 is 14.9 Å². The van der Waals surface area contributed by atoms with Crippen LogP contribution in [0.25, 0.3) is 0 Å². The molecule has 0 aliphatic carbocycles. The van der Waals surface area contributed by atoms with Crippen LogP contribution in [0.1, 0.15) is 20.3 Å². The SMILES string of the molecule is CCC(C)CNS(=O)(=O)c1cc([N+](=O)[O-])ccc1Cl. The molecular weight excluding hydrogens is 292 g/mol. The van der Waals surface area contributed by atoms with Crippen LogP contribution in [-0.4, -0.2) is 19.9 Å². The summed E-state index contributed by atoms with van der Waals surface area (Å²) in [6, 6.07) is 3.33. The third kappa shape index (κ3) is 4.15. The zero-order chi connectivity index (χ0) is 14.6. The fourth-order valence-corrected chi connectivity index (χ4v) is 2.97. The molecule has 0 fully saturated rings. The number of nitro benzene ring substituents is 1. The second kappa shape index (κ2) is 6.31. The Morgan fingerprint density at radius 1 is 1.47 bits per heavy atom. The van der Waals surface area contributed by atoms with E-state index >= 15 is 0 Å². The van der Waals surface area contributed by atoms with Gasteiger partial charge in [0.1, 0.15) is 4.90 Å². The highest BCUT2D eigenvalue weighted by Gasteiger charge is 2.21. The van der Waals surface area contributed by atoms with Crippen LogP contribution in [0.5, 0.6) is 0 Å². The van der Waals surface area contributed by atoms with Gasteiger partial charge in [-0.3, -0.25) is 10.1 Å². The molecule has 0 spiro atoms. The lowest BCUT2D eigenvalue weighted by Crippen LogP contribution is -2.28. The summed E-state index contributed by atoms with van der Waals surface area (Å²) in [6.45, 7) is 4.11. The number of hydrogen-bond donors (Lipinski definition) is 1. The van der Waals surface area contributed by atoms with Crippen molar-refractivity contribution in [2.75, 3.05) is 6.54 Å². The Balaban J connectivity index is 3.06. The molecule has 1 atom stereocenters. The molecule has 8 heteroatoms. The molecule has 0 heterocycles. The van der Waals surface area contributed by atoms with Crippen molar-refractivity contribution in [1.29, 1.82) is 0 Å². The van der Waals surface area contributed by atoms with Crippen LogP contribution in [0.4, 0.5) is 5.69 Å². The van der Waals surface area contributed by atoms with Crippen LogP contribution >= 0.6 is 11.6 Å². The number of rotatable bonds is 6. The van der Waals surface area contributed by atoms with Crippen molar-refractivity contribution in [1.82, 2.24) is 4.72 Å². The van der Waals surface area contributed by atoms with Crippen LogP contribution in [-0.2, 0) is 10.0 Å². The molecule has 1 N–H and O–H groups in total. The van der Waals surface area contributed by atoms with Crippen LogP contribution in [0.3, 0.4) is 0 Å². The van der Waals surface area contributed by atoms with Gasteiger partial charge in [0.05, 0.1) is 9.95 Å². The molecule has 1 unspecified atom stereocenters. The highest BCUT2D eigenvalue weighted by Crippen LogP contribution is 2.26. The summed E-state index contributed by atoms with van der Waals surface area (Å²) >= 11 is 5.79. The van der Waals surface area contributed by atoms with Crippen LogP contribution < -0.4 is 4.72 Å². The summed E-state index contributed by atoms with van der Waals surface area (Å²) in [5.41, 5.74) is -0.312. The first-order valence-corrected chi connectivity index (χ1v) is 7.57. The normalized spacial score (nSPS) is 13.2. The lowest BCUT2D eigenvalue weighted by atomic mass is 10.1. The summed E-state index contributed by atoms with van der Waals surface area (Å²) in [4.78, 5) is 9.72. The largest absolute Gasteiger partial charge is 0.270 e. The van der Waals surface area contributed by atoms with Gasteiger partial charge in [0.2, 0.25) is 10.0 Å². The predicted molar refractivity (Wildman–Crippen MR) is 72.7 cm³/mol. The van der Waals surface area contributed by atoms with E-state index in [1.54, 1.807) is 0 Å². The number of nitrogens with one attached hydrogen (secondary N) is 1. The molecule has 0 radical (unpaired) electrons. The molecule has 6 nitrogen and oxygen atoms in total. The van der Waals surface area contributed by atoms with Crippen LogP contribution in [0.15, 0.2) is 23.1 Å². The Hall–Kier alpha value is -1.18. The van der Waals surface area contributed by atoms with Gasteiger partial charge in [-0.15, -0.1) is 0 Å².